The fourth-order valence-electron chi connectivity index (χ4n) is 3.06. The molecule has 2 heterocycles. The summed E-state index contributed by atoms with van der Waals surface area (Å²) in [7, 11) is 2.17. The fourth-order valence-corrected chi connectivity index (χ4v) is 3.06. The number of nitrogens with zero attached hydrogens (tertiary/aromatic N) is 2. The molecule has 0 spiro atoms. The predicted molar refractivity (Wildman–Crippen MR) is 73.7 cm³/mol. The number of hydrogen-bond donors (Lipinski definition) is 1. The summed E-state index contributed by atoms with van der Waals surface area (Å²) in [6.45, 7) is 5.06. The quantitative estimate of drug-likeness (QED) is 0.816. The van der Waals surface area contributed by atoms with Crippen molar-refractivity contribution in [3.05, 3.63) is 0 Å². The Kier molecular flexibility index (Phi) is 5.29. The molecule has 2 fully saturated rings. The molecule has 1 N–H and O–H groups in total. The van der Waals surface area contributed by atoms with Gasteiger partial charge in [0.15, 0.2) is 0 Å². The topological polar surface area (TPSA) is 35.6 Å². The summed E-state index contributed by atoms with van der Waals surface area (Å²) < 4.78 is 0. The minimum atomic E-state index is 0.158. The summed E-state index contributed by atoms with van der Waals surface area (Å²) >= 11 is 0. The van der Waals surface area contributed by atoms with E-state index in [0.717, 1.165) is 26.2 Å². The molecule has 2 rings (SSSR count). The van der Waals surface area contributed by atoms with Crippen LogP contribution in [-0.4, -0.2) is 55.6 Å². The average molecular weight is 253 g/mol. The van der Waals surface area contributed by atoms with Crippen molar-refractivity contribution in [1.82, 2.24) is 15.1 Å². The number of urea groups is 1. The third-order valence-electron chi connectivity index (χ3n) is 4.16. The van der Waals surface area contributed by atoms with Gasteiger partial charge in [-0.15, -0.1) is 0 Å². The van der Waals surface area contributed by atoms with Crippen LogP contribution in [0.4, 0.5) is 4.79 Å². The van der Waals surface area contributed by atoms with Crippen molar-refractivity contribution >= 4 is 6.03 Å². The molecular formula is C14H27N3O. The average Bonchev–Trinajstić information content (AvgIpc) is 2.65. The van der Waals surface area contributed by atoms with Crippen molar-refractivity contribution in [3.63, 3.8) is 0 Å². The molecule has 2 amide bonds. The Hall–Kier alpha value is -0.770. The number of carbonyl (C=O) groups excluding carboxylic acids is 1. The van der Waals surface area contributed by atoms with Gasteiger partial charge in [-0.1, -0.05) is 12.8 Å². The van der Waals surface area contributed by atoms with Crippen LogP contribution in [0.2, 0.25) is 0 Å². The third-order valence-corrected chi connectivity index (χ3v) is 4.16. The van der Waals surface area contributed by atoms with Gasteiger partial charge in [0, 0.05) is 26.2 Å². The monoisotopic (exact) mass is 253 g/mol. The molecule has 18 heavy (non-hydrogen) atoms. The molecule has 0 aliphatic carbocycles. The van der Waals surface area contributed by atoms with Crippen molar-refractivity contribution in [3.8, 4) is 0 Å². The van der Waals surface area contributed by atoms with E-state index in [0.29, 0.717) is 5.92 Å². The molecule has 0 aromatic heterocycles. The highest BCUT2D eigenvalue weighted by atomic mass is 16.2. The zero-order valence-corrected chi connectivity index (χ0v) is 11.7. The lowest BCUT2D eigenvalue weighted by Gasteiger charge is -2.30. The molecule has 2 saturated heterocycles. The first-order valence-electron chi connectivity index (χ1n) is 7.47. The number of piperidine rings is 1. The highest BCUT2D eigenvalue weighted by Crippen LogP contribution is 2.14. The van der Waals surface area contributed by atoms with Gasteiger partial charge in [0.25, 0.3) is 0 Å². The number of rotatable bonds is 2. The molecule has 2 aliphatic rings. The number of amides is 2. The van der Waals surface area contributed by atoms with Crippen molar-refractivity contribution in [2.75, 3.05) is 39.8 Å². The minimum absolute atomic E-state index is 0.158. The van der Waals surface area contributed by atoms with Gasteiger partial charge in [-0.25, -0.2) is 4.79 Å². The first-order valence-corrected chi connectivity index (χ1v) is 7.47. The molecule has 0 saturated carbocycles. The van der Waals surface area contributed by atoms with Crippen molar-refractivity contribution in [2.45, 2.75) is 38.5 Å². The van der Waals surface area contributed by atoms with Gasteiger partial charge in [0.05, 0.1) is 0 Å². The lowest BCUT2D eigenvalue weighted by molar-refractivity contribution is 0.183. The lowest BCUT2D eigenvalue weighted by atomic mass is 9.99. The van der Waals surface area contributed by atoms with Crippen LogP contribution < -0.4 is 5.32 Å². The van der Waals surface area contributed by atoms with Crippen LogP contribution in [-0.2, 0) is 0 Å². The van der Waals surface area contributed by atoms with Gasteiger partial charge in [-0.3, -0.25) is 0 Å². The summed E-state index contributed by atoms with van der Waals surface area (Å²) in [5.74, 6) is 0.639. The normalized spacial score (nSPS) is 26.7. The summed E-state index contributed by atoms with van der Waals surface area (Å²) in [5, 5.41) is 3.13. The Labute approximate surface area is 111 Å². The van der Waals surface area contributed by atoms with Gasteiger partial charge in [-0.2, -0.15) is 0 Å². The van der Waals surface area contributed by atoms with E-state index >= 15 is 0 Å². The van der Waals surface area contributed by atoms with E-state index in [1.807, 2.05) is 4.90 Å². The van der Waals surface area contributed by atoms with E-state index in [2.05, 4.69) is 17.3 Å². The highest BCUT2D eigenvalue weighted by Gasteiger charge is 2.20. The zero-order chi connectivity index (χ0) is 12.8. The van der Waals surface area contributed by atoms with Crippen LogP contribution in [0.1, 0.15) is 38.5 Å². The van der Waals surface area contributed by atoms with E-state index in [1.165, 1.54) is 45.1 Å². The maximum Gasteiger partial charge on any atom is 0.317 e. The molecule has 0 aromatic carbocycles. The molecule has 4 heteroatoms. The summed E-state index contributed by atoms with van der Waals surface area (Å²) in [5.41, 5.74) is 0. The molecule has 0 aromatic rings. The van der Waals surface area contributed by atoms with Gasteiger partial charge in [-0.05, 0) is 45.2 Å². The Bertz CT molecular complexity index is 262. The molecule has 1 atom stereocenters. The molecule has 0 radical (unpaired) electrons. The van der Waals surface area contributed by atoms with Crippen LogP contribution >= 0.6 is 0 Å². The minimum Gasteiger partial charge on any atom is -0.338 e. The van der Waals surface area contributed by atoms with E-state index < -0.39 is 0 Å². The molecule has 4 nitrogen and oxygen atoms in total. The van der Waals surface area contributed by atoms with Crippen molar-refractivity contribution in [1.29, 1.82) is 0 Å². The van der Waals surface area contributed by atoms with E-state index in [9.17, 15) is 4.79 Å². The SMILES string of the molecule is CN1CCCC(CNC(=O)N2CCCCCC2)C1. The number of hydrogen-bond acceptors (Lipinski definition) is 2. The first kappa shape index (κ1) is 13.7. The largest absolute Gasteiger partial charge is 0.338 e. The van der Waals surface area contributed by atoms with Gasteiger partial charge in [0.2, 0.25) is 0 Å². The van der Waals surface area contributed by atoms with Crippen molar-refractivity contribution < 1.29 is 4.79 Å². The smallest absolute Gasteiger partial charge is 0.317 e. The van der Waals surface area contributed by atoms with Crippen LogP contribution in [0.5, 0.6) is 0 Å². The van der Waals surface area contributed by atoms with Crippen LogP contribution in [0, 0.1) is 5.92 Å². The second kappa shape index (κ2) is 6.98. The summed E-state index contributed by atoms with van der Waals surface area (Å²) in [6, 6.07) is 0.158. The van der Waals surface area contributed by atoms with Gasteiger partial charge in [0.1, 0.15) is 0 Å². The Balaban J connectivity index is 1.70. The first-order chi connectivity index (χ1) is 8.75. The van der Waals surface area contributed by atoms with Crippen molar-refractivity contribution in [2.24, 2.45) is 5.92 Å². The number of nitrogens with one attached hydrogen (secondary N) is 1. The second-order valence-electron chi connectivity index (χ2n) is 5.86. The molecule has 0 bridgehead atoms. The lowest BCUT2D eigenvalue weighted by Crippen LogP contribution is -2.44. The fraction of sp³-hybridized carbons (Fsp3) is 0.929. The van der Waals surface area contributed by atoms with E-state index in [1.54, 1.807) is 0 Å². The zero-order valence-electron chi connectivity index (χ0n) is 11.7. The maximum atomic E-state index is 12.1. The number of carbonyl (C=O) groups is 1. The summed E-state index contributed by atoms with van der Waals surface area (Å²) in [4.78, 5) is 16.4. The van der Waals surface area contributed by atoms with E-state index in [-0.39, 0.29) is 6.03 Å². The highest BCUT2D eigenvalue weighted by molar-refractivity contribution is 5.74. The van der Waals surface area contributed by atoms with Crippen LogP contribution in [0.3, 0.4) is 0 Å². The van der Waals surface area contributed by atoms with Gasteiger partial charge >= 0.3 is 6.03 Å². The number of likely N-dealkylation sites (tertiary alicyclic amines) is 2. The Morgan fingerprint density at radius 1 is 1.11 bits per heavy atom. The molecule has 1 unspecified atom stereocenters. The maximum absolute atomic E-state index is 12.1. The molecule has 104 valence electrons. The second-order valence-corrected chi connectivity index (χ2v) is 5.86. The predicted octanol–water partition coefficient (Wildman–Crippen LogP) is 1.91. The van der Waals surface area contributed by atoms with Gasteiger partial charge < -0.3 is 15.1 Å². The molecule has 2 aliphatic heterocycles. The Morgan fingerprint density at radius 3 is 2.50 bits per heavy atom. The van der Waals surface area contributed by atoms with Crippen LogP contribution in [0.15, 0.2) is 0 Å². The Morgan fingerprint density at radius 2 is 1.83 bits per heavy atom. The third kappa shape index (κ3) is 4.16. The standard InChI is InChI=1S/C14H27N3O/c1-16-8-6-7-13(12-16)11-15-14(18)17-9-4-2-3-5-10-17/h13H,2-12H2,1H3,(H,15,18). The van der Waals surface area contributed by atoms with E-state index in [4.69, 9.17) is 0 Å². The molecular weight excluding hydrogens is 226 g/mol. The van der Waals surface area contributed by atoms with Crippen LogP contribution in [0.25, 0.3) is 0 Å². The summed E-state index contributed by atoms with van der Waals surface area (Å²) in [6.07, 6.45) is 7.40.